The van der Waals surface area contributed by atoms with Gasteiger partial charge in [0, 0.05) is 5.54 Å². The summed E-state index contributed by atoms with van der Waals surface area (Å²) < 4.78 is 18.4. The fourth-order valence-electron chi connectivity index (χ4n) is 0.791. The van der Waals surface area contributed by atoms with E-state index in [2.05, 4.69) is 9.97 Å². The Kier molecular flexibility index (Phi) is 3.00. The summed E-state index contributed by atoms with van der Waals surface area (Å²) in [6.07, 6.45) is 1.26. The molecule has 1 rings (SSSR count). The molecule has 0 fully saturated rings. The van der Waals surface area contributed by atoms with Crippen LogP contribution in [0.5, 0.6) is 5.88 Å². The molecule has 0 spiro atoms. The zero-order valence-corrected chi connectivity index (χ0v) is 8.54. The van der Waals surface area contributed by atoms with Crippen molar-refractivity contribution in [3.8, 4) is 5.88 Å². The van der Waals surface area contributed by atoms with Crippen molar-refractivity contribution < 1.29 is 9.13 Å². The van der Waals surface area contributed by atoms with Gasteiger partial charge in [0.2, 0.25) is 5.82 Å². The minimum Gasteiger partial charge on any atom is -0.474 e. The van der Waals surface area contributed by atoms with E-state index in [1.165, 1.54) is 6.33 Å². The second kappa shape index (κ2) is 3.88. The lowest BCUT2D eigenvalue weighted by Gasteiger charge is -2.18. The maximum absolute atomic E-state index is 13.3. The topological polar surface area (TPSA) is 61.0 Å². The van der Waals surface area contributed by atoms with E-state index < -0.39 is 11.4 Å². The number of hydrogen-bond donors (Lipinski definition) is 1. The number of aromatic nitrogens is 2. The quantitative estimate of drug-likeness (QED) is 0.790. The minimum atomic E-state index is -0.531. The molecule has 4 nitrogen and oxygen atoms in total. The fraction of sp³-hybridized carbons (Fsp3) is 0.556. The van der Waals surface area contributed by atoms with Crippen LogP contribution in [0.25, 0.3) is 0 Å². The third kappa shape index (κ3) is 2.92. The summed E-state index contributed by atoms with van der Waals surface area (Å²) >= 11 is 0. The van der Waals surface area contributed by atoms with Crippen LogP contribution >= 0.6 is 0 Å². The molecule has 2 N–H and O–H groups in total. The van der Waals surface area contributed by atoms with Gasteiger partial charge in [-0.05, 0) is 20.8 Å². The van der Waals surface area contributed by atoms with Crippen LogP contribution in [-0.4, -0.2) is 22.1 Å². The minimum absolute atomic E-state index is 0.0453. The predicted molar refractivity (Wildman–Crippen MR) is 50.5 cm³/mol. The Morgan fingerprint density at radius 2 is 2.14 bits per heavy atom. The van der Waals surface area contributed by atoms with Crippen molar-refractivity contribution in [2.75, 3.05) is 6.61 Å². The molecule has 0 aliphatic rings. The Morgan fingerprint density at radius 3 is 2.71 bits per heavy atom. The van der Waals surface area contributed by atoms with E-state index >= 15 is 0 Å². The summed E-state index contributed by atoms with van der Waals surface area (Å²) in [6.45, 7) is 5.34. The molecule has 0 amide bonds. The van der Waals surface area contributed by atoms with Crippen molar-refractivity contribution in [2.45, 2.75) is 26.3 Å². The van der Waals surface area contributed by atoms with E-state index in [0.717, 1.165) is 0 Å². The normalized spacial score (nSPS) is 11.5. The van der Waals surface area contributed by atoms with Crippen molar-refractivity contribution in [1.82, 2.24) is 9.97 Å². The Morgan fingerprint density at radius 1 is 1.50 bits per heavy atom. The van der Waals surface area contributed by atoms with Gasteiger partial charge in [-0.2, -0.15) is 9.37 Å². The van der Waals surface area contributed by atoms with E-state index in [1.807, 2.05) is 0 Å². The molecular formula is C9H14FN3O. The fourth-order valence-corrected chi connectivity index (χ4v) is 0.791. The molecule has 0 bridgehead atoms. The Bertz CT molecular complexity index is 322. The summed E-state index contributed by atoms with van der Waals surface area (Å²) in [5.41, 5.74) is 5.44. The first-order chi connectivity index (χ1) is 6.40. The SMILES string of the molecule is Cc1ncnc(OCC(C)(C)N)c1F. The molecule has 0 saturated heterocycles. The largest absolute Gasteiger partial charge is 0.474 e. The summed E-state index contributed by atoms with van der Waals surface area (Å²) in [6, 6.07) is 0. The van der Waals surface area contributed by atoms with E-state index in [9.17, 15) is 4.39 Å². The number of nitrogens with two attached hydrogens (primary N) is 1. The summed E-state index contributed by atoms with van der Waals surface area (Å²) in [4.78, 5) is 7.36. The smallest absolute Gasteiger partial charge is 0.253 e. The van der Waals surface area contributed by atoms with Crippen LogP contribution in [0.2, 0.25) is 0 Å². The molecule has 14 heavy (non-hydrogen) atoms. The van der Waals surface area contributed by atoms with Crippen LogP contribution in [0.15, 0.2) is 6.33 Å². The Labute approximate surface area is 82.3 Å². The first-order valence-electron chi connectivity index (χ1n) is 4.29. The molecular weight excluding hydrogens is 185 g/mol. The van der Waals surface area contributed by atoms with Gasteiger partial charge in [0.1, 0.15) is 12.9 Å². The molecule has 0 aliphatic heterocycles. The lowest BCUT2D eigenvalue weighted by atomic mass is 10.1. The summed E-state index contributed by atoms with van der Waals surface area (Å²) in [7, 11) is 0. The first kappa shape index (κ1) is 10.8. The van der Waals surface area contributed by atoms with Gasteiger partial charge in [-0.3, -0.25) is 0 Å². The van der Waals surface area contributed by atoms with Crippen LogP contribution in [0.3, 0.4) is 0 Å². The molecule has 0 atom stereocenters. The van der Waals surface area contributed by atoms with Gasteiger partial charge >= 0.3 is 0 Å². The standard InChI is InChI=1S/C9H14FN3O/c1-6-7(10)8(13-5-12-6)14-4-9(2,3)11/h5H,4,11H2,1-3H3. The Balaban J connectivity index is 2.73. The lowest BCUT2D eigenvalue weighted by Crippen LogP contribution is -2.39. The van der Waals surface area contributed by atoms with Gasteiger partial charge < -0.3 is 10.5 Å². The molecule has 5 heteroatoms. The Hall–Kier alpha value is -1.23. The number of ether oxygens (including phenoxy) is 1. The van der Waals surface area contributed by atoms with Crippen molar-refractivity contribution >= 4 is 0 Å². The van der Waals surface area contributed by atoms with Gasteiger partial charge in [0.15, 0.2) is 0 Å². The van der Waals surface area contributed by atoms with Gasteiger partial charge in [-0.1, -0.05) is 0 Å². The molecule has 1 aromatic rings. The van der Waals surface area contributed by atoms with E-state index in [4.69, 9.17) is 10.5 Å². The van der Waals surface area contributed by atoms with Crippen LogP contribution < -0.4 is 10.5 Å². The van der Waals surface area contributed by atoms with Crippen LogP contribution in [0, 0.1) is 12.7 Å². The number of rotatable bonds is 3. The van der Waals surface area contributed by atoms with Crippen LogP contribution in [0.4, 0.5) is 4.39 Å². The maximum Gasteiger partial charge on any atom is 0.253 e. The molecule has 0 saturated carbocycles. The van der Waals surface area contributed by atoms with Crippen LogP contribution in [0.1, 0.15) is 19.5 Å². The number of halogens is 1. The first-order valence-corrected chi connectivity index (χ1v) is 4.29. The molecule has 0 aromatic carbocycles. The summed E-state index contributed by atoms with van der Waals surface area (Å²) in [5, 5.41) is 0. The molecule has 1 heterocycles. The predicted octanol–water partition coefficient (Wildman–Crippen LogP) is 1.04. The third-order valence-electron chi connectivity index (χ3n) is 1.51. The van der Waals surface area contributed by atoms with Crippen molar-refractivity contribution in [1.29, 1.82) is 0 Å². The second-order valence-corrected chi connectivity index (χ2v) is 3.86. The van der Waals surface area contributed by atoms with E-state index in [1.54, 1.807) is 20.8 Å². The molecule has 78 valence electrons. The third-order valence-corrected chi connectivity index (χ3v) is 1.51. The molecule has 1 aromatic heterocycles. The highest BCUT2D eigenvalue weighted by atomic mass is 19.1. The number of aryl methyl sites for hydroxylation is 1. The maximum atomic E-state index is 13.3. The molecule has 0 unspecified atom stereocenters. The van der Waals surface area contributed by atoms with Crippen LogP contribution in [-0.2, 0) is 0 Å². The number of hydrogen-bond acceptors (Lipinski definition) is 4. The molecule has 0 radical (unpaired) electrons. The van der Waals surface area contributed by atoms with Crippen molar-refractivity contribution in [3.63, 3.8) is 0 Å². The monoisotopic (exact) mass is 199 g/mol. The van der Waals surface area contributed by atoms with Crippen molar-refractivity contribution in [2.24, 2.45) is 5.73 Å². The zero-order valence-electron chi connectivity index (χ0n) is 8.54. The average molecular weight is 199 g/mol. The van der Waals surface area contributed by atoms with E-state index in [-0.39, 0.29) is 18.2 Å². The van der Waals surface area contributed by atoms with Gasteiger partial charge in [0.05, 0.1) is 5.69 Å². The van der Waals surface area contributed by atoms with E-state index in [0.29, 0.717) is 0 Å². The lowest BCUT2D eigenvalue weighted by molar-refractivity contribution is 0.224. The highest BCUT2D eigenvalue weighted by Gasteiger charge is 2.15. The second-order valence-electron chi connectivity index (χ2n) is 3.86. The van der Waals surface area contributed by atoms with Gasteiger partial charge in [-0.15, -0.1) is 0 Å². The van der Waals surface area contributed by atoms with Crippen molar-refractivity contribution in [3.05, 3.63) is 17.8 Å². The average Bonchev–Trinajstić information content (AvgIpc) is 2.06. The zero-order chi connectivity index (χ0) is 10.8. The highest BCUT2D eigenvalue weighted by molar-refractivity contribution is 5.15. The highest BCUT2D eigenvalue weighted by Crippen LogP contribution is 2.15. The summed E-state index contributed by atoms with van der Waals surface area (Å²) in [5.74, 6) is -0.576. The molecule has 0 aliphatic carbocycles. The number of nitrogens with zero attached hydrogens (tertiary/aromatic N) is 2. The van der Waals surface area contributed by atoms with Gasteiger partial charge in [-0.25, -0.2) is 4.98 Å². The van der Waals surface area contributed by atoms with Gasteiger partial charge in [0.25, 0.3) is 5.88 Å².